The number of benzene rings is 1. The van der Waals surface area contributed by atoms with Crippen LogP contribution >= 0.6 is 0 Å². The van der Waals surface area contributed by atoms with Crippen molar-refractivity contribution in [1.29, 1.82) is 0 Å². The molecular weight excluding hydrogens is 256 g/mol. The third kappa shape index (κ3) is 3.54. The lowest BCUT2D eigenvalue weighted by Crippen LogP contribution is -2.21. The zero-order chi connectivity index (χ0) is 14.5. The molecule has 1 unspecified atom stereocenters. The molecule has 1 aromatic carbocycles. The van der Waals surface area contributed by atoms with E-state index in [1.54, 1.807) is 35.1 Å². The van der Waals surface area contributed by atoms with Crippen molar-refractivity contribution < 1.29 is 14.3 Å². The maximum atomic E-state index is 11.9. The van der Waals surface area contributed by atoms with Gasteiger partial charge in [0, 0.05) is 18.0 Å². The van der Waals surface area contributed by atoms with E-state index < -0.39 is 5.97 Å². The molecule has 0 saturated heterocycles. The molecule has 0 aliphatic carbocycles. The Morgan fingerprint density at radius 3 is 2.45 bits per heavy atom. The van der Waals surface area contributed by atoms with Crippen LogP contribution in [0.2, 0.25) is 0 Å². The molecule has 0 saturated carbocycles. The Labute approximate surface area is 117 Å². The molecule has 0 radical (unpaired) electrons. The van der Waals surface area contributed by atoms with Crippen LogP contribution in [0.3, 0.4) is 0 Å². The molecule has 0 aliphatic rings. The lowest BCUT2D eigenvalue weighted by molar-refractivity contribution is 0.0298. The summed E-state index contributed by atoms with van der Waals surface area (Å²) in [6.45, 7) is 3.80. The van der Waals surface area contributed by atoms with Gasteiger partial charge >= 0.3 is 5.97 Å². The molecule has 2 rings (SSSR count). The summed E-state index contributed by atoms with van der Waals surface area (Å²) < 4.78 is 7.03. The Morgan fingerprint density at radius 1 is 1.25 bits per heavy atom. The summed E-state index contributed by atoms with van der Waals surface area (Å²) in [5, 5.41) is 4.06. The average Bonchev–Trinajstić information content (AvgIpc) is 2.91. The molecule has 1 atom stereocenters. The van der Waals surface area contributed by atoms with Crippen LogP contribution in [0.4, 0.5) is 0 Å². The van der Waals surface area contributed by atoms with Gasteiger partial charge in [-0.1, -0.05) is 12.1 Å². The molecule has 5 nitrogen and oxygen atoms in total. The smallest absolute Gasteiger partial charge is 0.338 e. The van der Waals surface area contributed by atoms with Crippen molar-refractivity contribution in [3.05, 3.63) is 53.9 Å². The quantitative estimate of drug-likeness (QED) is 0.619. The molecule has 1 heterocycles. The van der Waals surface area contributed by atoms with Crippen LogP contribution in [0.1, 0.15) is 34.6 Å². The van der Waals surface area contributed by atoms with Gasteiger partial charge in [0.2, 0.25) is 0 Å². The summed E-state index contributed by atoms with van der Waals surface area (Å²) >= 11 is 0. The standard InChI is InChI=1S/C15H16N2O3/c1-11(10-17-9-3-8-16-17)20-15(19)14-6-4-13(5-7-14)12(2)18/h3-9,11H,10H2,1-2H3. The van der Waals surface area contributed by atoms with Crippen LogP contribution in [-0.2, 0) is 11.3 Å². The summed E-state index contributed by atoms with van der Waals surface area (Å²) in [7, 11) is 0. The van der Waals surface area contributed by atoms with Crippen molar-refractivity contribution in [3.63, 3.8) is 0 Å². The van der Waals surface area contributed by atoms with E-state index in [4.69, 9.17) is 4.74 Å². The van der Waals surface area contributed by atoms with Crippen molar-refractivity contribution in [1.82, 2.24) is 9.78 Å². The number of nitrogens with zero attached hydrogens (tertiary/aromatic N) is 2. The lowest BCUT2D eigenvalue weighted by Gasteiger charge is -2.13. The summed E-state index contributed by atoms with van der Waals surface area (Å²) in [5.74, 6) is -0.434. The third-order valence-corrected chi connectivity index (χ3v) is 2.84. The summed E-state index contributed by atoms with van der Waals surface area (Å²) in [5.41, 5.74) is 1.01. The second-order valence-corrected chi connectivity index (χ2v) is 4.58. The number of carbonyl (C=O) groups is 2. The fourth-order valence-electron chi connectivity index (χ4n) is 1.80. The molecule has 5 heteroatoms. The van der Waals surface area contributed by atoms with E-state index in [9.17, 15) is 9.59 Å². The van der Waals surface area contributed by atoms with E-state index in [-0.39, 0.29) is 11.9 Å². The molecular formula is C15H16N2O3. The molecule has 20 heavy (non-hydrogen) atoms. The van der Waals surface area contributed by atoms with Crippen LogP contribution in [0.15, 0.2) is 42.7 Å². The molecule has 104 valence electrons. The van der Waals surface area contributed by atoms with Crippen LogP contribution < -0.4 is 0 Å². The van der Waals surface area contributed by atoms with E-state index in [0.29, 0.717) is 17.7 Å². The summed E-state index contributed by atoms with van der Waals surface area (Å²) in [4.78, 5) is 23.1. The zero-order valence-electron chi connectivity index (χ0n) is 11.4. The minimum atomic E-state index is -0.403. The first kappa shape index (κ1) is 14.0. The molecule has 0 spiro atoms. The largest absolute Gasteiger partial charge is 0.457 e. The van der Waals surface area contributed by atoms with Gasteiger partial charge in [0.05, 0.1) is 12.1 Å². The van der Waals surface area contributed by atoms with E-state index in [2.05, 4.69) is 5.10 Å². The zero-order valence-corrected chi connectivity index (χ0v) is 11.4. The van der Waals surface area contributed by atoms with Gasteiger partial charge in [-0.2, -0.15) is 5.10 Å². The van der Waals surface area contributed by atoms with Gasteiger partial charge in [-0.15, -0.1) is 0 Å². The van der Waals surface area contributed by atoms with E-state index >= 15 is 0 Å². The predicted octanol–water partition coefficient (Wildman–Crippen LogP) is 2.33. The summed E-state index contributed by atoms with van der Waals surface area (Å²) in [6.07, 6.45) is 3.20. The van der Waals surface area contributed by atoms with Crippen molar-refractivity contribution >= 4 is 11.8 Å². The second kappa shape index (κ2) is 6.14. The van der Waals surface area contributed by atoms with Crippen molar-refractivity contribution in [2.75, 3.05) is 0 Å². The molecule has 0 amide bonds. The number of ether oxygens (including phenoxy) is 1. The number of esters is 1. The van der Waals surface area contributed by atoms with Gasteiger partial charge in [-0.25, -0.2) is 4.79 Å². The highest BCUT2D eigenvalue weighted by atomic mass is 16.5. The number of Topliss-reactive ketones (excluding diaryl/α,β-unsaturated/α-hetero) is 1. The monoisotopic (exact) mass is 272 g/mol. The lowest BCUT2D eigenvalue weighted by atomic mass is 10.1. The van der Waals surface area contributed by atoms with Crippen LogP contribution in [0, 0.1) is 0 Å². The van der Waals surface area contributed by atoms with Crippen molar-refractivity contribution in [2.24, 2.45) is 0 Å². The highest BCUT2D eigenvalue weighted by Gasteiger charge is 2.13. The number of aromatic nitrogens is 2. The maximum Gasteiger partial charge on any atom is 0.338 e. The second-order valence-electron chi connectivity index (χ2n) is 4.58. The third-order valence-electron chi connectivity index (χ3n) is 2.84. The van der Waals surface area contributed by atoms with Crippen molar-refractivity contribution in [2.45, 2.75) is 26.5 Å². The maximum absolute atomic E-state index is 11.9. The van der Waals surface area contributed by atoms with Crippen LogP contribution in [0.25, 0.3) is 0 Å². The van der Waals surface area contributed by atoms with Gasteiger partial charge in [0.1, 0.15) is 6.10 Å². The fourth-order valence-corrected chi connectivity index (χ4v) is 1.80. The van der Waals surface area contributed by atoms with Gasteiger partial charge in [-0.05, 0) is 32.0 Å². The first-order valence-electron chi connectivity index (χ1n) is 6.35. The number of hydrogen-bond donors (Lipinski definition) is 0. The van der Waals surface area contributed by atoms with Crippen LogP contribution in [0.5, 0.6) is 0 Å². The molecule has 2 aromatic rings. The minimum Gasteiger partial charge on any atom is -0.457 e. The molecule has 1 aromatic heterocycles. The Morgan fingerprint density at radius 2 is 1.90 bits per heavy atom. The highest BCUT2D eigenvalue weighted by molar-refractivity contribution is 5.96. The van der Waals surface area contributed by atoms with Gasteiger partial charge in [0.15, 0.2) is 5.78 Å². The van der Waals surface area contributed by atoms with Gasteiger partial charge < -0.3 is 4.74 Å². The number of rotatable bonds is 5. The van der Waals surface area contributed by atoms with E-state index in [1.165, 1.54) is 6.92 Å². The topological polar surface area (TPSA) is 61.2 Å². The number of carbonyl (C=O) groups excluding carboxylic acids is 2. The molecule has 0 N–H and O–H groups in total. The Balaban J connectivity index is 1.95. The number of ketones is 1. The average molecular weight is 272 g/mol. The normalized spacial score (nSPS) is 11.9. The van der Waals surface area contributed by atoms with Crippen molar-refractivity contribution in [3.8, 4) is 0 Å². The SMILES string of the molecule is CC(=O)c1ccc(C(=O)OC(C)Cn2cccn2)cc1. The van der Waals surface area contributed by atoms with E-state index in [0.717, 1.165) is 0 Å². The van der Waals surface area contributed by atoms with Gasteiger partial charge in [-0.3, -0.25) is 9.48 Å². The Kier molecular flexibility index (Phi) is 4.30. The highest BCUT2D eigenvalue weighted by Crippen LogP contribution is 2.08. The Hall–Kier alpha value is -2.43. The van der Waals surface area contributed by atoms with Gasteiger partial charge in [0.25, 0.3) is 0 Å². The first-order valence-corrected chi connectivity index (χ1v) is 6.35. The summed E-state index contributed by atoms with van der Waals surface area (Å²) in [6, 6.07) is 8.25. The first-order chi connectivity index (χ1) is 9.56. The minimum absolute atomic E-state index is 0.0306. The van der Waals surface area contributed by atoms with Crippen LogP contribution in [-0.4, -0.2) is 27.6 Å². The molecule has 0 bridgehead atoms. The fraction of sp³-hybridized carbons (Fsp3) is 0.267. The molecule has 0 aliphatic heterocycles. The predicted molar refractivity (Wildman–Crippen MR) is 73.6 cm³/mol. The number of hydrogen-bond acceptors (Lipinski definition) is 4. The molecule has 0 fully saturated rings. The van der Waals surface area contributed by atoms with E-state index in [1.807, 2.05) is 19.2 Å². The Bertz CT molecular complexity index is 588.